The highest BCUT2D eigenvalue weighted by Crippen LogP contribution is 2.16. The van der Waals surface area contributed by atoms with Crippen LogP contribution in [0.1, 0.15) is 16.1 Å². The van der Waals surface area contributed by atoms with Gasteiger partial charge >= 0.3 is 0 Å². The number of rotatable bonds is 6. The molecule has 1 aromatic heterocycles. The summed E-state index contributed by atoms with van der Waals surface area (Å²) in [4.78, 5) is 12.1. The Kier molecular flexibility index (Phi) is 4.21. The zero-order valence-corrected chi connectivity index (χ0v) is 11.7. The van der Waals surface area contributed by atoms with E-state index in [2.05, 4.69) is 10.6 Å². The van der Waals surface area contributed by atoms with Crippen LogP contribution in [0.5, 0.6) is 5.75 Å². The van der Waals surface area contributed by atoms with E-state index in [1.165, 1.54) is 6.26 Å². The van der Waals surface area contributed by atoms with E-state index in [9.17, 15) is 4.79 Å². The third kappa shape index (κ3) is 3.44. The van der Waals surface area contributed by atoms with E-state index in [-0.39, 0.29) is 5.91 Å². The van der Waals surface area contributed by atoms with E-state index in [0.717, 1.165) is 24.4 Å². The smallest absolute Gasteiger partial charge is 0.287 e. The minimum absolute atomic E-state index is 0.182. The van der Waals surface area contributed by atoms with Gasteiger partial charge in [0, 0.05) is 31.1 Å². The van der Waals surface area contributed by atoms with Crippen molar-refractivity contribution in [3.8, 4) is 5.75 Å². The van der Waals surface area contributed by atoms with E-state index in [1.807, 2.05) is 30.3 Å². The monoisotopic (exact) mass is 286 g/mol. The summed E-state index contributed by atoms with van der Waals surface area (Å²) in [6.45, 7) is 2.91. The number of hydrogen-bond acceptors (Lipinski definition) is 4. The minimum atomic E-state index is -0.182. The third-order valence-corrected chi connectivity index (χ3v) is 3.51. The van der Waals surface area contributed by atoms with Gasteiger partial charge in [-0.3, -0.25) is 4.79 Å². The highest BCUT2D eigenvalue weighted by atomic mass is 16.5. The van der Waals surface area contributed by atoms with Crippen LogP contribution in [0.2, 0.25) is 0 Å². The minimum Gasteiger partial charge on any atom is -0.489 e. The number of benzene rings is 1. The van der Waals surface area contributed by atoms with Crippen molar-refractivity contribution in [2.75, 3.05) is 19.6 Å². The highest BCUT2D eigenvalue weighted by Gasteiger charge is 2.20. The average Bonchev–Trinajstić information content (AvgIpc) is 2.93. The second-order valence-electron chi connectivity index (χ2n) is 5.11. The Hall–Kier alpha value is -2.27. The second kappa shape index (κ2) is 6.45. The average molecular weight is 286 g/mol. The largest absolute Gasteiger partial charge is 0.489 e. The van der Waals surface area contributed by atoms with Crippen molar-refractivity contribution in [3.05, 3.63) is 54.0 Å². The number of furan rings is 1. The molecule has 5 nitrogen and oxygen atoms in total. The molecule has 1 aliphatic heterocycles. The zero-order valence-electron chi connectivity index (χ0n) is 11.7. The van der Waals surface area contributed by atoms with Gasteiger partial charge in [-0.25, -0.2) is 0 Å². The Balaban J connectivity index is 1.56. The molecule has 2 heterocycles. The molecule has 0 saturated carbocycles. The summed E-state index contributed by atoms with van der Waals surface area (Å²) in [7, 11) is 0. The van der Waals surface area contributed by atoms with Crippen molar-refractivity contribution in [2.24, 2.45) is 5.92 Å². The number of nitrogens with one attached hydrogen (secondary N) is 2. The molecule has 0 bridgehead atoms. The van der Waals surface area contributed by atoms with Crippen molar-refractivity contribution in [3.63, 3.8) is 0 Å². The molecule has 0 spiro atoms. The molecule has 110 valence electrons. The van der Waals surface area contributed by atoms with Gasteiger partial charge in [-0.2, -0.15) is 0 Å². The van der Waals surface area contributed by atoms with Gasteiger partial charge in [0.25, 0.3) is 5.91 Å². The summed E-state index contributed by atoms with van der Waals surface area (Å²) in [6.07, 6.45) is 1.52. The first-order valence-corrected chi connectivity index (χ1v) is 7.06. The van der Waals surface area contributed by atoms with Crippen LogP contribution in [0.4, 0.5) is 0 Å². The molecule has 0 radical (unpaired) electrons. The number of hydrogen-bond donors (Lipinski definition) is 2. The van der Waals surface area contributed by atoms with Gasteiger partial charge in [0.15, 0.2) is 5.76 Å². The normalized spacial score (nSPS) is 14.5. The van der Waals surface area contributed by atoms with Crippen molar-refractivity contribution in [1.29, 1.82) is 0 Å². The molecule has 1 aliphatic rings. The Morgan fingerprint density at radius 2 is 2.10 bits per heavy atom. The standard InChI is InChI=1S/C16H18N2O3/c19-16(18-10-12-8-17-9-12)15-13(6-7-20-15)11-21-14-4-2-1-3-5-14/h1-7,12,17H,8-11H2,(H,18,19). The van der Waals surface area contributed by atoms with Crippen LogP contribution in [-0.2, 0) is 6.61 Å². The lowest BCUT2D eigenvalue weighted by Gasteiger charge is -2.26. The Morgan fingerprint density at radius 3 is 2.81 bits per heavy atom. The summed E-state index contributed by atoms with van der Waals surface area (Å²) in [5, 5.41) is 6.07. The number of ether oxygens (including phenoxy) is 1. The molecule has 1 aromatic carbocycles. The van der Waals surface area contributed by atoms with Gasteiger partial charge in [-0.1, -0.05) is 18.2 Å². The van der Waals surface area contributed by atoms with Gasteiger partial charge in [0.2, 0.25) is 0 Å². The Morgan fingerprint density at radius 1 is 1.29 bits per heavy atom. The van der Waals surface area contributed by atoms with Crippen LogP contribution in [0.25, 0.3) is 0 Å². The number of carbonyl (C=O) groups is 1. The van der Waals surface area contributed by atoms with Gasteiger partial charge in [-0.15, -0.1) is 0 Å². The molecule has 1 fully saturated rings. The molecule has 0 atom stereocenters. The fourth-order valence-corrected chi connectivity index (χ4v) is 2.14. The lowest BCUT2D eigenvalue weighted by atomic mass is 10.0. The van der Waals surface area contributed by atoms with Gasteiger partial charge in [0.05, 0.1) is 6.26 Å². The Bertz CT molecular complexity index is 591. The third-order valence-electron chi connectivity index (χ3n) is 3.51. The van der Waals surface area contributed by atoms with E-state index < -0.39 is 0 Å². The van der Waals surface area contributed by atoms with E-state index in [4.69, 9.17) is 9.15 Å². The van der Waals surface area contributed by atoms with Crippen molar-refractivity contribution in [1.82, 2.24) is 10.6 Å². The molecular weight excluding hydrogens is 268 g/mol. The molecule has 0 unspecified atom stereocenters. The molecule has 5 heteroatoms. The number of para-hydroxylation sites is 1. The zero-order chi connectivity index (χ0) is 14.5. The van der Waals surface area contributed by atoms with Crippen molar-refractivity contribution >= 4 is 5.91 Å². The van der Waals surface area contributed by atoms with Crippen molar-refractivity contribution < 1.29 is 13.9 Å². The first-order chi connectivity index (χ1) is 10.3. The SMILES string of the molecule is O=C(NCC1CNC1)c1occc1COc1ccccc1. The second-order valence-corrected chi connectivity index (χ2v) is 5.11. The first-order valence-electron chi connectivity index (χ1n) is 7.06. The van der Waals surface area contributed by atoms with Gasteiger partial charge in [0.1, 0.15) is 12.4 Å². The maximum absolute atomic E-state index is 12.1. The van der Waals surface area contributed by atoms with Gasteiger partial charge < -0.3 is 19.8 Å². The summed E-state index contributed by atoms with van der Waals surface area (Å²) in [5.41, 5.74) is 0.753. The van der Waals surface area contributed by atoms with Crippen LogP contribution in [0.15, 0.2) is 47.1 Å². The quantitative estimate of drug-likeness (QED) is 0.850. The van der Waals surface area contributed by atoms with Crippen LogP contribution in [0, 0.1) is 5.92 Å². The summed E-state index contributed by atoms with van der Waals surface area (Å²) in [6, 6.07) is 11.3. The lowest BCUT2D eigenvalue weighted by molar-refractivity contribution is 0.0911. The maximum atomic E-state index is 12.1. The summed E-state index contributed by atoms with van der Waals surface area (Å²) in [5.74, 6) is 1.44. The van der Waals surface area contributed by atoms with E-state index in [1.54, 1.807) is 6.07 Å². The molecule has 1 amide bonds. The van der Waals surface area contributed by atoms with Crippen LogP contribution < -0.4 is 15.4 Å². The maximum Gasteiger partial charge on any atom is 0.287 e. The molecule has 3 rings (SSSR count). The van der Waals surface area contributed by atoms with Crippen molar-refractivity contribution in [2.45, 2.75) is 6.61 Å². The lowest BCUT2D eigenvalue weighted by Crippen LogP contribution is -2.48. The fraction of sp³-hybridized carbons (Fsp3) is 0.312. The van der Waals surface area contributed by atoms with E-state index >= 15 is 0 Å². The first kappa shape index (κ1) is 13.7. The van der Waals surface area contributed by atoms with Crippen LogP contribution in [-0.4, -0.2) is 25.5 Å². The molecule has 21 heavy (non-hydrogen) atoms. The molecular formula is C16H18N2O3. The molecule has 1 saturated heterocycles. The number of carbonyl (C=O) groups excluding carboxylic acids is 1. The highest BCUT2D eigenvalue weighted by molar-refractivity contribution is 5.92. The molecule has 2 aromatic rings. The summed E-state index contributed by atoms with van der Waals surface area (Å²) < 4.78 is 10.9. The fourth-order valence-electron chi connectivity index (χ4n) is 2.14. The van der Waals surface area contributed by atoms with Crippen LogP contribution >= 0.6 is 0 Å². The predicted molar refractivity (Wildman–Crippen MR) is 78.2 cm³/mol. The Labute approximate surface area is 123 Å². The van der Waals surface area contributed by atoms with E-state index in [0.29, 0.717) is 24.8 Å². The molecule has 2 N–H and O–H groups in total. The number of amides is 1. The van der Waals surface area contributed by atoms with Gasteiger partial charge in [-0.05, 0) is 18.2 Å². The predicted octanol–water partition coefficient (Wildman–Crippen LogP) is 1.81. The van der Waals surface area contributed by atoms with Crippen LogP contribution in [0.3, 0.4) is 0 Å². The summed E-state index contributed by atoms with van der Waals surface area (Å²) >= 11 is 0. The topological polar surface area (TPSA) is 63.5 Å². The molecule has 0 aliphatic carbocycles.